The van der Waals surface area contributed by atoms with E-state index in [-0.39, 0.29) is 5.97 Å². The van der Waals surface area contributed by atoms with Gasteiger partial charge in [0.05, 0.1) is 0 Å². The molecule has 0 spiro atoms. The Labute approximate surface area is 80.4 Å². The minimum absolute atomic E-state index is 0.258. The molecule has 12 heavy (non-hydrogen) atoms. The van der Waals surface area contributed by atoms with Gasteiger partial charge in [0.1, 0.15) is 5.76 Å². The molecule has 0 aromatic heterocycles. The standard InChI is InChI=1S/C9H11BrO2/c1-2-3-4-7-5-9(11)12-8(7)6-10/h5-6H,2-4H2,1H3/b8-6-. The van der Waals surface area contributed by atoms with Crippen molar-refractivity contribution in [2.75, 3.05) is 0 Å². The number of halogens is 1. The van der Waals surface area contributed by atoms with Crippen LogP contribution in [0.5, 0.6) is 0 Å². The maximum absolute atomic E-state index is 10.8. The van der Waals surface area contributed by atoms with Gasteiger partial charge in [-0.1, -0.05) is 29.3 Å². The lowest BCUT2D eigenvalue weighted by Gasteiger charge is -2.00. The van der Waals surface area contributed by atoms with Gasteiger partial charge in [-0.3, -0.25) is 0 Å². The molecule has 0 fully saturated rings. The molecular formula is C9H11BrO2. The molecule has 0 N–H and O–H groups in total. The lowest BCUT2D eigenvalue weighted by molar-refractivity contribution is -0.132. The number of rotatable bonds is 3. The Morgan fingerprint density at radius 1 is 1.67 bits per heavy atom. The molecular weight excluding hydrogens is 220 g/mol. The smallest absolute Gasteiger partial charge is 0.336 e. The van der Waals surface area contributed by atoms with E-state index < -0.39 is 0 Å². The molecule has 1 aliphatic rings. The summed E-state index contributed by atoms with van der Waals surface area (Å²) in [7, 11) is 0. The number of carbonyl (C=O) groups excluding carboxylic acids is 1. The second kappa shape index (κ2) is 4.45. The minimum Gasteiger partial charge on any atom is -0.423 e. The summed E-state index contributed by atoms with van der Waals surface area (Å²) < 4.78 is 4.90. The number of hydrogen-bond acceptors (Lipinski definition) is 2. The van der Waals surface area contributed by atoms with Crippen molar-refractivity contribution >= 4 is 21.9 Å². The molecule has 0 amide bonds. The topological polar surface area (TPSA) is 26.3 Å². The molecule has 0 radical (unpaired) electrons. The minimum atomic E-state index is -0.258. The van der Waals surface area contributed by atoms with Gasteiger partial charge in [0.15, 0.2) is 0 Å². The third-order valence-electron chi connectivity index (χ3n) is 1.72. The lowest BCUT2D eigenvalue weighted by atomic mass is 10.1. The number of allylic oxidation sites excluding steroid dienone is 1. The average molecular weight is 231 g/mol. The van der Waals surface area contributed by atoms with Crippen LogP contribution in [0.1, 0.15) is 26.2 Å². The molecule has 1 aliphatic heterocycles. The largest absolute Gasteiger partial charge is 0.423 e. The van der Waals surface area contributed by atoms with Crippen LogP contribution in [0.4, 0.5) is 0 Å². The van der Waals surface area contributed by atoms with Crippen LogP contribution < -0.4 is 0 Å². The van der Waals surface area contributed by atoms with Gasteiger partial charge in [-0.15, -0.1) is 0 Å². The van der Waals surface area contributed by atoms with Crippen molar-refractivity contribution in [3.05, 3.63) is 22.4 Å². The molecule has 66 valence electrons. The maximum atomic E-state index is 10.8. The number of unbranched alkanes of at least 4 members (excludes halogenated alkanes) is 1. The zero-order valence-corrected chi connectivity index (χ0v) is 8.56. The summed E-state index contributed by atoms with van der Waals surface area (Å²) in [6.07, 6.45) is 4.69. The van der Waals surface area contributed by atoms with Crippen LogP contribution >= 0.6 is 15.9 Å². The fourth-order valence-corrected chi connectivity index (χ4v) is 1.46. The molecule has 0 aromatic carbocycles. The summed E-state index contributed by atoms with van der Waals surface area (Å²) in [5, 5.41) is 0. The van der Waals surface area contributed by atoms with Crippen LogP contribution in [0.2, 0.25) is 0 Å². The molecule has 0 aliphatic carbocycles. The van der Waals surface area contributed by atoms with E-state index in [4.69, 9.17) is 4.74 Å². The Morgan fingerprint density at radius 2 is 2.42 bits per heavy atom. The molecule has 2 nitrogen and oxygen atoms in total. The second-order valence-corrected chi connectivity index (χ2v) is 3.13. The fourth-order valence-electron chi connectivity index (χ4n) is 1.07. The van der Waals surface area contributed by atoms with E-state index in [0.29, 0.717) is 5.76 Å². The van der Waals surface area contributed by atoms with Crippen LogP contribution in [0.15, 0.2) is 22.4 Å². The normalized spacial score (nSPS) is 19.7. The third-order valence-corrected chi connectivity index (χ3v) is 2.13. The van der Waals surface area contributed by atoms with Gasteiger partial charge in [-0.25, -0.2) is 4.79 Å². The predicted molar refractivity (Wildman–Crippen MR) is 50.7 cm³/mol. The first-order valence-electron chi connectivity index (χ1n) is 4.01. The Balaban J connectivity index is 2.61. The van der Waals surface area contributed by atoms with Crippen molar-refractivity contribution in [3.8, 4) is 0 Å². The van der Waals surface area contributed by atoms with Crippen molar-refractivity contribution < 1.29 is 9.53 Å². The monoisotopic (exact) mass is 230 g/mol. The van der Waals surface area contributed by atoms with Crippen LogP contribution in [-0.4, -0.2) is 5.97 Å². The Hall–Kier alpha value is -0.570. The molecule has 0 aromatic rings. The molecule has 3 heteroatoms. The molecule has 1 rings (SSSR count). The van der Waals surface area contributed by atoms with E-state index in [9.17, 15) is 4.79 Å². The van der Waals surface area contributed by atoms with Crippen LogP contribution in [0.25, 0.3) is 0 Å². The van der Waals surface area contributed by atoms with Crippen molar-refractivity contribution in [2.24, 2.45) is 0 Å². The van der Waals surface area contributed by atoms with Crippen molar-refractivity contribution in [1.82, 2.24) is 0 Å². The summed E-state index contributed by atoms with van der Waals surface area (Å²) in [6, 6.07) is 0. The van der Waals surface area contributed by atoms with Crippen molar-refractivity contribution in [3.63, 3.8) is 0 Å². The zero-order chi connectivity index (χ0) is 8.97. The van der Waals surface area contributed by atoms with Gasteiger partial charge in [-0.05, 0) is 12.8 Å². The number of cyclic esters (lactones) is 1. The Morgan fingerprint density at radius 3 is 3.00 bits per heavy atom. The van der Waals surface area contributed by atoms with Gasteiger partial charge in [0.25, 0.3) is 0 Å². The highest BCUT2D eigenvalue weighted by Gasteiger charge is 2.18. The first-order chi connectivity index (χ1) is 5.77. The predicted octanol–water partition coefficient (Wildman–Crippen LogP) is 2.90. The summed E-state index contributed by atoms with van der Waals surface area (Å²) >= 11 is 3.16. The number of ether oxygens (including phenoxy) is 1. The number of esters is 1. The van der Waals surface area contributed by atoms with Gasteiger partial charge < -0.3 is 4.74 Å². The fraction of sp³-hybridized carbons (Fsp3) is 0.444. The zero-order valence-electron chi connectivity index (χ0n) is 6.97. The first kappa shape index (κ1) is 9.52. The molecule has 1 heterocycles. The third kappa shape index (κ3) is 2.21. The molecule has 0 bridgehead atoms. The molecule has 0 saturated heterocycles. The van der Waals surface area contributed by atoms with E-state index in [1.165, 1.54) is 0 Å². The van der Waals surface area contributed by atoms with Gasteiger partial charge >= 0.3 is 5.97 Å². The maximum Gasteiger partial charge on any atom is 0.336 e. The van der Waals surface area contributed by atoms with Crippen LogP contribution in [0, 0.1) is 0 Å². The van der Waals surface area contributed by atoms with Crippen LogP contribution in [-0.2, 0) is 9.53 Å². The second-order valence-electron chi connectivity index (χ2n) is 2.67. The lowest BCUT2D eigenvalue weighted by Crippen LogP contribution is -1.90. The highest BCUT2D eigenvalue weighted by Crippen LogP contribution is 2.25. The van der Waals surface area contributed by atoms with E-state index in [2.05, 4.69) is 22.9 Å². The first-order valence-corrected chi connectivity index (χ1v) is 4.92. The highest BCUT2D eigenvalue weighted by molar-refractivity contribution is 9.11. The Bertz CT molecular complexity index is 241. The van der Waals surface area contributed by atoms with Crippen LogP contribution in [0.3, 0.4) is 0 Å². The summed E-state index contributed by atoms with van der Waals surface area (Å²) in [4.78, 5) is 12.5. The van der Waals surface area contributed by atoms with Gasteiger partial charge in [-0.2, -0.15) is 0 Å². The number of hydrogen-bond donors (Lipinski definition) is 0. The quantitative estimate of drug-likeness (QED) is 0.698. The summed E-state index contributed by atoms with van der Waals surface area (Å²) in [5.74, 6) is 0.403. The average Bonchev–Trinajstić information content (AvgIpc) is 2.42. The van der Waals surface area contributed by atoms with E-state index in [0.717, 1.165) is 24.8 Å². The molecule has 0 unspecified atom stereocenters. The molecule has 0 saturated carbocycles. The van der Waals surface area contributed by atoms with E-state index in [1.807, 2.05) is 0 Å². The number of carbonyl (C=O) groups is 1. The Kier molecular flexibility index (Phi) is 3.53. The SMILES string of the molecule is CCCCC1=CC(=O)O/C1=C\Br. The van der Waals surface area contributed by atoms with Crippen molar-refractivity contribution in [1.29, 1.82) is 0 Å². The molecule has 0 atom stereocenters. The highest BCUT2D eigenvalue weighted by atomic mass is 79.9. The summed E-state index contributed by atoms with van der Waals surface area (Å²) in [6.45, 7) is 2.12. The summed E-state index contributed by atoms with van der Waals surface area (Å²) in [5.41, 5.74) is 0.999. The van der Waals surface area contributed by atoms with Crippen molar-refractivity contribution in [2.45, 2.75) is 26.2 Å². The van der Waals surface area contributed by atoms with E-state index >= 15 is 0 Å². The van der Waals surface area contributed by atoms with Gasteiger partial charge in [0, 0.05) is 16.6 Å². The van der Waals surface area contributed by atoms with E-state index in [1.54, 1.807) is 11.1 Å². The van der Waals surface area contributed by atoms with Gasteiger partial charge in [0.2, 0.25) is 0 Å².